The Kier molecular flexibility index (Phi) is 17.6. The van der Waals surface area contributed by atoms with Gasteiger partial charge < -0.3 is 9.16 Å². The van der Waals surface area contributed by atoms with Crippen LogP contribution in [-0.4, -0.2) is 28.1 Å². The topological polar surface area (TPSA) is 18.5 Å². The average molecular weight is 413 g/mol. The molecule has 0 aliphatic heterocycles. The van der Waals surface area contributed by atoms with Gasteiger partial charge in [0.15, 0.2) is 8.32 Å². The molecule has 2 nitrogen and oxygen atoms in total. The molecule has 0 fully saturated rings. The maximum absolute atomic E-state index is 6.18. The zero-order valence-corrected chi connectivity index (χ0v) is 21.1. The van der Waals surface area contributed by atoms with E-state index in [0.29, 0.717) is 5.04 Å². The van der Waals surface area contributed by atoms with Crippen molar-refractivity contribution >= 4 is 8.32 Å². The third kappa shape index (κ3) is 16.8. The molecule has 0 aromatic heterocycles. The molecule has 0 rings (SSSR count). The van der Waals surface area contributed by atoms with Crippen molar-refractivity contribution in [3.8, 4) is 0 Å². The Hall–Kier alpha value is -0.123. The van der Waals surface area contributed by atoms with Crippen LogP contribution in [0.25, 0.3) is 0 Å². The molecular weight excluding hydrogens is 360 g/mol. The van der Waals surface area contributed by atoms with Crippen LogP contribution in [0.1, 0.15) is 111 Å². The number of unbranched alkanes of at least 4 members (excludes halogenated alkanes) is 12. The zero-order chi connectivity index (χ0) is 21.1. The predicted octanol–water partition coefficient (Wildman–Crippen LogP) is 8.67. The van der Waals surface area contributed by atoms with Gasteiger partial charge in [-0.15, -0.1) is 6.58 Å². The summed E-state index contributed by atoms with van der Waals surface area (Å²) in [5, 5.41) is 0.305. The third-order valence-corrected chi connectivity index (χ3v) is 10.7. The summed E-state index contributed by atoms with van der Waals surface area (Å²) in [6, 6.07) is 0. The van der Waals surface area contributed by atoms with E-state index in [9.17, 15) is 0 Å². The molecule has 0 saturated carbocycles. The van der Waals surface area contributed by atoms with Gasteiger partial charge in [0, 0.05) is 19.8 Å². The number of rotatable bonds is 20. The molecule has 0 aliphatic carbocycles. The fourth-order valence-electron chi connectivity index (χ4n) is 3.07. The average Bonchev–Trinajstić information content (AvgIpc) is 2.62. The highest BCUT2D eigenvalue weighted by Crippen LogP contribution is 2.36. The molecule has 0 atom stereocenters. The summed E-state index contributed by atoms with van der Waals surface area (Å²) in [5.74, 6) is 0. The van der Waals surface area contributed by atoms with Crippen LogP contribution in [0.3, 0.4) is 0 Å². The van der Waals surface area contributed by atoms with Gasteiger partial charge in [-0.05, 0) is 43.8 Å². The van der Waals surface area contributed by atoms with Crippen LogP contribution in [0, 0.1) is 0 Å². The van der Waals surface area contributed by atoms with E-state index in [-0.39, 0.29) is 0 Å². The van der Waals surface area contributed by atoms with E-state index in [1.54, 1.807) is 0 Å². The maximum atomic E-state index is 6.18. The molecular formula is C25H52O2Si. The molecule has 0 aromatic carbocycles. The van der Waals surface area contributed by atoms with Crippen LogP contribution < -0.4 is 0 Å². The normalized spacial score (nSPS) is 12.5. The summed E-state index contributed by atoms with van der Waals surface area (Å²) < 4.78 is 11.9. The van der Waals surface area contributed by atoms with E-state index >= 15 is 0 Å². The lowest BCUT2D eigenvalue weighted by Gasteiger charge is -2.36. The van der Waals surface area contributed by atoms with Gasteiger partial charge in [-0.1, -0.05) is 91.1 Å². The first-order valence-corrected chi connectivity index (χ1v) is 15.0. The van der Waals surface area contributed by atoms with Crippen LogP contribution in [0.2, 0.25) is 18.1 Å². The number of hydrogen-bond donors (Lipinski definition) is 0. The van der Waals surface area contributed by atoms with Gasteiger partial charge in [0.1, 0.15) is 0 Å². The van der Waals surface area contributed by atoms with Gasteiger partial charge >= 0.3 is 0 Å². The highest BCUT2D eigenvalue weighted by atomic mass is 28.4. The Morgan fingerprint density at radius 1 is 0.643 bits per heavy atom. The highest BCUT2D eigenvalue weighted by molar-refractivity contribution is 6.74. The molecule has 0 N–H and O–H groups in total. The molecule has 168 valence electrons. The lowest BCUT2D eigenvalue weighted by atomic mass is 10.0. The van der Waals surface area contributed by atoms with E-state index in [4.69, 9.17) is 9.16 Å². The van der Waals surface area contributed by atoms with Crippen LogP contribution >= 0.6 is 0 Å². The van der Waals surface area contributed by atoms with Gasteiger partial charge in [0.25, 0.3) is 0 Å². The molecule has 0 bridgehead atoms. The largest absolute Gasteiger partial charge is 0.417 e. The summed E-state index contributed by atoms with van der Waals surface area (Å²) in [4.78, 5) is 0. The fraction of sp³-hybridized carbons (Fsp3) is 0.920. The summed E-state index contributed by atoms with van der Waals surface area (Å²) >= 11 is 0. The Bertz CT molecular complexity index is 347. The molecule has 28 heavy (non-hydrogen) atoms. The Morgan fingerprint density at radius 3 is 1.54 bits per heavy atom. The molecule has 0 saturated heterocycles. The van der Waals surface area contributed by atoms with Crippen LogP contribution in [0.15, 0.2) is 12.7 Å². The van der Waals surface area contributed by atoms with Crippen LogP contribution in [0.5, 0.6) is 0 Å². The number of allylic oxidation sites excluding steroid dienone is 1. The van der Waals surface area contributed by atoms with E-state index in [1.807, 2.05) is 6.08 Å². The summed E-state index contributed by atoms with van der Waals surface area (Å²) in [6.07, 6.45) is 20.8. The Morgan fingerprint density at radius 2 is 1.07 bits per heavy atom. The van der Waals surface area contributed by atoms with Gasteiger partial charge in [-0.3, -0.25) is 0 Å². The van der Waals surface area contributed by atoms with Crippen molar-refractivity contribution < 1.29 is 9.16 Å². The Labute approximate surface area is 179 Å². The highest BCUT2D eigenvalue weighted by Gasteiger charge is 2.36. The standard InChI is InChI=1S/C25H52O2Si/c1-7-8-9-10-11-12-13-14-15-16-17-18-19-20-22-26-23-21-24-27-28(5,6)25(2,3)4/h7H,1,8-24H2,2-6H3. The lowest BCUT2D eigenvalue weighted by Crippen LogP contribution is -2.41. The second kappa shape index (κ2) is 17.7. The van der Waals surface area contributed by atoms with E-state index < -0.39 is 8.32 Å². The molecule has 0 aromatic rings. The van der Waals surface area contributed by atoms with Crippen LogP contribution in [-0.2, 0) is 9.16 Å². The molecule has 0 spiro atoms. The zero-order valence-electron chi connectivity index (χ0n) is 20.1. The summed E-state index contributed by atoms with van der Waals surface area (Å²) in [5.41, 5.74) is 0. The lowest BCUT2D eigenvalue weighted by molar-refractivity contribution is 0.114. The molecule has 0 unspecified atom stereocenters. The van der Waals surface area contributed by atoms with Gasteiger partial charge in [-0.25, -0.2) is 0 Å². The molecule has 3 heteroatoms. The maximum Gasteiger partial charge on any atom is 0.191 e. The van der Waals surface area contributed by atoms with Crippen molar-refractivity contribution in [3.63, 3.8) is 0 Å². The summed E-state index contributed by atoms with van der Waals surface area (Å²) in [7, 11) is -1.58. The van der Waals surface area contributed by atoms with Crippen molar-refractivity contribution in [2.24, 2.45) is 0 Å². The number of ether oxygens (including phenoxy) is 1. The molecule has 0 amide bonds. The van der Waals surface area contributed by atoms with Gasteiger partial charge in [-0.2, -0.15) is 0 Å². The van der Waals surface area contributed by atoms with Crippen molar-refractivity contribution in [2.75, 3.05) is 19.8 Å². The molecule has 0 radical (unpaired) electrons. The smallest absolute Gasteiger partial charge is 0.191 e. The quantitative estimate of drug-likeness (QED) is 0.113. The van der Waals surface area contributed by atoms with E-state index in [1.165, 1.54) is 83.5 Å². The first kappa shape index (κ1) is 27.9. The van der Waals surface area contributed by atoms with Crippen molar-refractivity contribution in [1.82, 2.24) is 0 Å². The van der Waals surface area contributed by atoms with E-state index in [2.05, 4.69) is 40.4 Å². The second-order valence-electron chi connectivity index (χ2n) is 9.89. The minimum atomic E-state index is -1.58. The monoisotopic (exact) mass is 412 g/mol. The minimum Gasteiger partial charge on any atom is -0.417 e. The molecule has 0 heterocycles. The summed E-state index contributed by atoms with van der Waals surface area (Å²) in [6.45, 7) is 17.9. The third-order valence-electron chi connectivity index (χ3n) is 6.15. The number of hydrogen-bond acceptors (Lipinski definition) is 2. The fourth-order valence-corrected chi connectivity index (χ4v) is 4.16. The SMILES string of the molecule is C=CCCCCCCCCCCCCCCOCCCO[Si](C)(C)C(C)(C)C. The predicted molar refractivity (Wildman–Crippen MR) is 129 cm³/mol. The first-order chi connectivity index (χ1) is 13.3. The van der Waals surface area contributed by atoms with Crippen LogP contribution in [0.4, 0.5) is 0 Å². The first-order valence-electron chi connectivity index (χ1n) is 12.1. The Balaban J connectivity index is 3.19. The van der Waals surface area contributed by atoms with Crippen molar-refractivity contribution in [1.29, 1.82) is 0 Å². The minimum absolute atomic E-state index is 0.305. The van der Waals surface area contributed by atoms with Crippen molar-refractivity contribution in [3.05, 3.63) is 12.7 Å². The second-order valence-corrected chi connectivity index (χ2v) is 14.7. The van der Waals surface area contributed by atoms with Crippen molar-refractivity contribution in [2.45, 2.75) is 129 Å². The van der Waals surface area contributed by atoms with Gasteiger partial charge in [0.05, 0.1) is 0 Å². The molecule has 0 aliphatic rings. The van der Waals surface area contributed by atoms with E-state index in [0.717, 1.165) is 26.2 Å². The van der Waals surface area contributed by atoms with Gasteiger partial charge in [0.2, 0.25) is 0 Å².